The van der Waals surface area contributed by atoms with Gasteiger partial charge in [-0.1, -0.05) is 25.1 Å². The molecule has 1 heterocycles. The Morgan fingerprint density at radius 1 is 1.17 bits per heavy atom. The fourth-order valence-electron chi connectivity index (χ4n) is 1.37. The molecule has 0 spiro atoms. The maximum atomic E-state index is 12.5. The van der Waals surface area contributed by atoms with Gasteiger partial charge in [-0.05, 0) is 24.6 Å². The normalized spacial score (nSPS) is 10.8. The number of nitrogens with zero attached hydrogens (tertiary/aromatic N) is 3. The maximum absolute atomic E-state index is 12.5. The molecular formula is C12H14F3N3. The molecule has 0 fully saturated rings. The quantitative estimate of drug-likeness (QED) is 0.781. The fraction of sp³-hybridized carbons (Fsp3) is 0.333. The van der Waals surface area contributed by atoms with Crippen molar-refractivity contribution >= 4 is 0 Å². The van der Waals surface area contributed by atoms with Crippen LogP contribution in [-0.4, -0.2) is 15.0 Å². The molecule has 0 atom stereocenters. The number of aryl methyl sites for hydroxylation is 1. The predicted octanol–water partition coefficient (Wildman–Crippen LogP) is 3.62. The lowest BCUT2D eigenvalue weighted by Crippen LogP contribution is -2.07. The summed E-state index contributed by atoms with van der Waals surface area (Å²) >= 11 is 0. The molecule has 1 aromatic heterocycles. The Bertz CT molecular complexity index is 490. The van der Waals surface area contributed by atoms with Crippen LogP contribution in [0.4, 0.5) is 13.2 Å². The molecule has 2 rings (SSSR count). The van der Waals surface area contributed by atoms with Crippen LogP contribution in [0.15, 0.2) is 30.6 Å². The molecular weight excluding hydrogens is 243 g/mol. The van der Waals surface area contributed by atoms with Crippen molar-refractivity contribution in [3.8, 4) is 5.69 Å². The van der Waals surface area contributed by atoms with Crippen LogP contribution in [-0.2, 0) is 6.18 Å². The van der Waals surface area contributed by atoms with E-state index >= 15 is 0 Å². The minimum absolute atomic E-state index is 0.382. The lowest BCUT2D eigenvalue weighted by molar-refractivity contribution is -0.137. The van der Waals surface area contributed by atoms with Crippen LogP contribution in [0.1, 0.15) is 25.0 Å². The summed E-state index contributed by atoms with van der Waals surface area (Å²) in [6, 6.07) is 3.53. The molecule has 0 aliphatic heterocycles. The van der Waals surface area contributed by atoms with Crippen LogP contribution in [0.25, 0.3) is 5.69 Å². The number of alkyl halides is 3. The van der Waals surface area contributed by atoms with Gasteiger partial charge in [0.1, 0.15) is 0 Å². The Morgan fingerprint density at radius 2 is 1.83 bits per heavy atom. The minimum Gasteiger partial charge on any atom is -0.220 e. The van der Waals surface area contributed by atoms with Crippen molar-refractivity contribution in [3.63, 3.8) is 0 Å². The summed E-state index contributed by atoms with van der Waals surface area (Å²) in [5, 5.41) is 7.23. The van der Waals surface area contributed by atoms with Gasteiger partial charge in [0.2, 0.25) is 0 Å². The molecule has 0 aliphatic rings. The van der Waals surface area contributed by atoms with Gasteiger partial charge in [0.15, 0.2) is 0 Å². The van der Waals surface area contributed by atoms with Gasteiger partial charge < -0.3 is 0 Å². The zero-order valence-electron chi connectivity index (χ0n) is 10.4. The van der Waals surface area contributed by atoms with Gasteiger partial charge in [-0.15, -0.1) is 5.10 Å². The molecule has 0 radical (unpaired) electrons. The second-order valence-corrected chi connectivity index (χ2v) is 3.35. The number of rotatable bonds is 1. The average Bonchev–Trinajstić information content (AvgIpc) is 2.84. The van der Waals surface area contributed by atoms with Crippen molar-refractivity contribution in [2.75, 3.05) is 0 Å². The molecule has 3 nitrogen and oxygen atoms in total. The monoisotopic (exact) mass is 257 g/mol. The Kier molecular flexibility index (Phi) is 4.47. The van der Waals surface area contributed by atoms with E-state index < -0.39 is 11.7 Å². The Hall–Kier alpha value is -1.85. The van der Waals surface area contributed by atoms with E-state index in [4.69, 9.17) is 0 Å². The van der Waals surface area contributed by atoms with E-state index in [2.05, 4.69) is 10.3 Å². The van der Waals surface area contributed by atoms with E-state index in [1.54, 1.807) is 6.92 Å². The molecule has 0 bridgehead atoms. The standard InChI is InChI=1S/C10H8F3N3.C2H6/c1-7-2-3-8(10(11,12)13)6-9(7)16-5-4-14-15-16;1-2/h2-6H,1H3;1-2H3. The zero-order chi connectivity index (χ0) is 13.8. The first-order valence-electron chi connectivity index (χ1n) is 5.53. The molecule has 0 N–H and O–H groups in total. The molecule has 18 heavy (non-hydrogen) atoms. The zero-order valence-corrected chi connectivity index (χ0v) is 10.4. The van der Waals surface area contributed by atoms with E-state index in [1.807, 2.05) is 13.8 Å². The highest BCUT2D eigenvalue weighted by molar-refractivity contribution is 5.43. The van der Waals surface area contributed by atoms with Crippen molar-refractivity contribution in [1.29, 1.82) is 0 Å². The highest BCUT2D eigenvalue weighted by atomic mass is 19.4. The van der Waals surface area contributed by atoms with Crippen molar-refractivity contribution in [3.05, 3.63) is 41.7 Å². The molecule has 0 unspecified atom stereocenters. The van der Waals surface area contributed by atoms with Gasteiger partial charge in [0, 0.05) is 0 Å². The highest BCUT2D eigenvalue weighted by Crippen LogP contribution is 2.31. The second kappa shape index (κ2) is 5.66. The second-order valence-electron chi connectivity index (χ2n) is 3.35. The van der Waals surface area contributed by atoms with E-state index in [0.717, 1.165) is 12.1 Å². The third-order valence-electron chi connectivity index (χ3n) is 2.21. The van der Waals surface area contributed by atoms with Crippen molar-refractivity contribution in [2.45, 2.75) is 26.9 Å². The molecule has 0 aliphatic carbocycles. The van der Waals surface area contributed by atoms with Crippen LogP contribution in [0.3, 0.4) is 0 Å². The number of aromatic nitrogens is 3. The van der Waals surface area contributed by atoms with E-state index in [1.165, 1.54) is 23.1 Å². The van der Waals surface area contributed by atoms with Gasteiger partial charge in [-0.25, -0.2) is 4.68 Å². The lowest BCUT2D eigenvalue weighted by atomic mass is 10.1. The van der Waals surface area contributed by atoms with Crippen LogP contribution >= 0.6 is 0 Å². The molecule has 1 aromatic carbocycles. The summed E-state index contributed by atoms with van der Waals surface area (Å²) < 4.78 is 38.8. The first-order chi connectivity index (χ1) is 8.48. The summed E-state index contributed by atoms with van der Waals surface area (Å²) in [6.07, 6.45) is -1.43. The molecule has 2 aromatic rings. The number of halogens is 3. The molecule has 0 saturated carbocycles. The van der Waals surface area contributed by atoms with Crippen LogP contribution in [0, 0.1) is 6.92 Å². The van der Waals surface area contributed by atoms with E-state index in [9.17, 15) is 13.2 Å². The van der Waals surface area contributed by atoms with Crippen molar-refractivity contribution in [1.82, 2.24) is 15.0 Å². The van der Waals surface area contributed by atoms with Crippen LogP contribution < -0.4 is 0 Å². The number of benzene rings is 1. The Morgan fingerprint density at radius 3 is 2.33 bits per heavy atom. The van der Waals surface area contributed by atoms with Crippen molar-refractivity contribution < 1.29 is 13.2 Å². The predicted molar refractivity (Wildman–Crippen MR) is 62.4 cm³/mol. The van der Waals surface area contributed by atoms with Gasteiger partial charge >= 0.3 is 6.18 Å². The summed E-state index contributed by atoms with van der Waals surface area (Å²) in [6.45, 7) is 5.72. The first kappa shape index (κ1) is 14.2. The van der Waals surface area contributed by atoms with Crippen molar-refractivity contribution in [2.24, 2.45) is 0 Å². The largest absolute Gasteiger partial charge is 0.416 e. The van der Waals surface area contributed by atoms with Gasteiger partial charge in [0.05, 0.1) is 23.6 Å². The van der Waals surface area contributed by atoms with E-state index in [-0.39, 0.29) is 0 Å². The molecule has 0 saturated heterocycles. The van der Waals surface area contributed by atoms with Gasteiger partial charge in [0.25, 0.3) is 0 Å². The van der Waals surface area contributed by atoms with Gasteiger partial charge in [-0.2, -0.15) is 13.2 Å². The topological polar surface area (TPSA) is 30.7 Å². The summed E-state index contributed by atoms with van der Waals surface area (Å²) in [5.41, 5.74) is 0.398. The SMILES string of the molecule is CC.Cc1ccc(C(F)(F)F)cc1-n1ccnn1. The highest BCUT2D eigenvalue weighted by Gasteiger charge is 2.30. The van der Waals surface area contributed by atoms with Crippen LogP contribution in [0.5, 0.6) is 0 Å². The molecule has 0 amide bonds. The summed E-state index contributed by atoms with van der Waals surface area (Å²) in [7, 11) is 0. The third kappa shape index (κ3) is 3.09. The maximum Gasteiger partial charge on any atom is 0.416 e. The first-order valence-corrected chi connectivity index (χ1v) is 5.53. The Balaban J connectivity index is 0.000000771. The third-order valence-corrected chi connectivity index (χ3v) is 2.21. The minimum atomic E-state index is -4.34. The summed E-state index contributed by atoms with van der Waals surface area (Å²) in [5.74, 6) is 0. The lowest BCUT2D eigenvalue weighted by Gasteiger charge is -2.10. The van der Waals surface area contributed by atoms with Crippen LogP contribution in [0.2, 0.25) is 0 Å². The molecule has 98 valence electrons. The number of hydrogen-bond acceptors (Lipinski definition) is 2. The van der Waals surface area contributed by atoms with Gasteiger partial charge in [-0.3, -0.25) is 0 Å². The average molecular weight is 257 g/mol. The fourth-order valence-corrected chi connectivity index (χ4v) is 1.37. The number of hydrogen-bond donors (Lipinski definition) is 0. The molecule has 6 heteroatoms. The Labute approximate surface area is 103 Å². The summed E-state index contributed by atoms with van der Waals surface area (Å²) in [4.78, 5) is 0. The smallest absolute Gasteiger partial charge is 0.220 e. The van der Waals surface area contributed by atoms with E-state index in [0.29, 0.717) is 11.3 Å².